The van der Waals surface area contributed by atoms with E-state index in [1.807, 2.05) is 0 Å². The number of aldehydes is 1. The van der Waals surface area contributed by atoms with Gasteiger partial charge in [0, 0.05) is 6.07 Å². The average molecular weight is 220 g/mol. The number of carbonyl (C=O) groups is 1. The molecule has 82 valence electrons. The highest BCUT2D eigenvalue weighted by Gasteiger charge is 2.15. The van der Waals surface area contributed by atoms with E-state index in [-0.39, 0.29) is 16.5 Å². The summed E-state index contributed by atoms with van der Waals surface area (Å²) in [6.07, 6.45) is 0.448. The molecule has 2 aromatic rings. The van der Waals surface area contributed by atoms with Crippen molar-refractivity contribution in [2.75, 3.05) is 0 Å². The van der Waals surface area contributed by atoms with Crippen LogP contribution in [0, 0.1) is 6.92 Å². The Bertz CT molecular complexity index is 639. The lowest BCUT2D eigenvalue weighted by atomic mass is 10.1. The maximum absolute atomic E-state index is 11.1. The van der Waals surface area contributed by atoms with Gasteiger partial charge in [0.25, 0.3) is 0 Å². The van der Waals surface area contributed by atoms with Gasteiger partial charge in [-0.05, 0) is 18.6 Å². The van der Waals surface area contributed by atoms with Gasteiger partial charge in [-0.25, -0.2) is 4.79 Å². The molecule has 0 saturated carbocycles. The molecule has 0 aliphatic rings. The minimum absolute atomic E-state index is 0.0182. The summed E-state index contributed by atoms with van der Waals surface area (Å²) < 4.78 is 4.84. The number of aromatic hydroxyl groups is 2. The first-order chi connectivity index (χ1) is 7.54. The number of phenolic OH excluding ortho intramolecular Hbond substituents is 2. The Morgan fingerprint density at radius 3 is 2.62 bits per heavy atom. The highest BCUT2D eigenvalue weighted by Crippen LogP contribution is 2.36. The zero-order chi connectivity index (χ0) is 11.9. The number of benzene rings is 1. The van der Waals surface area contributed by atoms with Gasteiger partial charge in [0.1, 0.15) is 0 Å². The second-order valence-electron chi connectivity index (χ2n) is 3.40. The van der Waals surface area contributed by atoms with Crippen molar-refractivity contribution in [2.24, 2.45) is 0 Å². The van der Waals surface area contributed by atoms with E-state index in [2.05, 4.69) is 0 Å². The third-order valence-electron chi connectivity index (χ3n) is 2.32. The summed E-state index contributed by atoms with van der Waals surface area (Å²) in [5.41, 5.74) is -0.178. The van der Waals surface area contributed by atoms with Crippen LogP contribution in [0.1, 0.15) is 15.9 Å². The standard InChI is InChI=1S/C11H8O5/c1-5-2-8(14)16-11-6(4-12)3-7(13)10(15)9(5)11/h2-4,13,15H,1H3. The molecule has 0 radical (unpaired) electrons. The number of fused-ring (bicyclic) bond motifs is 1. The number of phenols is 2. The van der Waals surface area contributed by atoms with Crippen LogP contribution in [0.3, 0.4) is 0 Å². The quantitative estimate of drug-likeness (QED) is 0.430. The molecular weight excluding hydrogens is 212 g/mol. The van der Waals surface area contributed by atoms with Gasteiger partial charge >= 0.3 is 5.63 Å². The lowest BCUT2D eigenvalue weighted by Crippen LogP contribution is -2.00. The highest BCUT2D eigenvalue weighted by atomic mass is 16.4. The van der Waals surface area contributed by atoms with E-state index in [1.54, 1.807) is 6.92 Å². The molecule has 0 aliphatic carbocycles. The van der Waals surface area contributed by atoms with Crippen LogP contribution in [0.2, 0.25) is 0 Å². The van der Waals surface area contributed by atoms with Gasteiger partial charge in [-0.3, -0.25) is 4.79 Å². The molecule has 1 aromatic heterocycles. The van der Waals surface area contributed by atoms with Crippen LogP contribution in [0.25, 0.3) is 11.0 Å². The molecule has 0 atom stereocenters. The first-order valence-electron chi connectivity index (χ1n) is 4.49. The molecule has 0 spiro atoms. The predicted octanol–water partition coefficient (Wildman–Crippen LogP) is 1.33. The third kappa shape index (κ3) is 1.33. The molecule has 5 heteroatoms. The summed E-state index contributed by atoms with van der Waals surface area (Å²) in [7, 11) is 0. The fourth-order valence-corrected chi connectivity index (χ4v) is 1.60. The second-order valence-corrected chi connectivity index (χ2v) is 3.40. The Morgan fingerprint density at radius 1 is 1.31 bits per heavy atom. The molecular formula is C11H8O5. The summed E-state index contributed by atoms with van der Waals surface area (Å²) >= 11 is 0. The van der Waals surface area contributed by atoms with Crippen molar-refractivity contribution < 1.29 is 19.4 Å². The number of aryl methyl sites for hydroxylation is 1. The van der Waals surface area contributed by atoms with Crippen LogP contribution in [0.5, 0.6) is 11.5 Å². The molecule has 0 bridgehead atoms. The van der Waals surface area contributed by atoms with E-state index in [9.17, 15) is 19.8 Å². The number of rotatable bonds is 1. The molecule has 2 rings (SSSR count). The maximum atomic E-state index is 11.1. The summed E-state index contributed by atoms with van der Waals surface area (Å²) in [5.74, 6) is -0.826. The van der Waals surface area contributed by atoms with Crippen molar-refractivity contribution in [3.63, 3.8) is 0 Å². The van der Waals surface area contributed by atoms with Crippen LogP contribution < -0.4 is 5.63 Å². The Hall–Kier alpha value is -2.30. The lowest BCUT2D eigenvalue weighted by Gasteiger charge is -2.06. The van der Waals surface area contributed by atoms with Crippen molar-refractivity contribution in [3.05, 3.63) is 33.7 Å². The van der Waals surface area contributed by atoms with Gasteiger partial charge in [0.05, 0.1) is 10.9 Å². The van der Waals surface area contributed by atoms with Crippen LogP contribution >= 0.6 is 0 Å². The van der Waals surface area contributed by atoms with E-state index in [4.69, 9.17) is 4.42 Å². The van der Waals surface area contributed by atoms with Crippen LogP contribution in [-0.2, 0) is 0 Å². The zero-order valence-electron chi connectivity index (χ0n) is 8.35. The molecule has 1 heterocycles. The van der Waals surface area contributed by atoms with E-state index in [0.717, 1.165) is 6.07 Å². The van der Waals surface area contributed by atoms with Gasteiger partial charge < -0.3 is 14.6 Å². The minimum atomic E-state index is -0.613. The smallest absolute Gasteiger partial charge is 0.336 e. The molecule has 0 aliphatic heterocycles. The molecule has 0 amide bonds. The highest BCUT2D eigenvalue weighted by molar-refractivity contribution is 6.00. The summed E-state index contributed by atoms with van der Waals surface area (Å²) in [5, 5.41) is 19.2. The zero-order valence-corrected chi connectivity index (χ0v) is 8.35. The van der Waals surface area contributed by atoms with Crippen molar-refractivity contribution in [1.29, 1.82) is 0 Å². The van der Waals surface area contributed by atoms with Crippen molar-refractivity contribution in [1.82, 2.24) is 0 Å². The first kappa shape index (κ1) is 10.2. The Labute approximate surface area is 89.6 Å². The van der Waals surface area contributed by atoms with Gasteiger partial charge in [-0.2, -0.15) is 0 Å². The molecule has 0 saturated heterocycles. The summed E-state index contributed by atoms with van der Waals surface area (Å²) in [4.78, 5) is 21.9. The number of hydrogen-bond donors (Lipinski definition) is 2. The van der Waals surface area contributed by atoms with Gasteiger partial charge in [0.2, 0.25) is 0 Å². The maximum Gasteiger partial charge on any atom is 0.336 e. The van der Waals surface area contributed by atoms with Crippen molar-refractivity contribution in [2.45, 2.75) is 6.92 Å². The fraction of sp³-hybridized carbons (Fsp3) is 0.0909. The summed E-state index contributed by atoms with van der Waals surface area (Å²) in [6.45, 7) is 1.58. The minimum Gasteiger partial charge on any atom is -0.504 e. The van der Waals surface area contributed by atoms with E-state index < -0.39 is 17.1 Å². The van der Waals surface area contributed by atoms with Crippen molar-refractivity contribution in [3.8, 4) is 11.5 Å². The topological polar surface area (TPSA) is 87.7 Å². The molecule has 2 N–H and O–H groups in total. The SMILES string of the molecule is Cc1cc(=O)oc2c(C=O)cc(O)c(O)c12. The Morgan fingerprint density at radius 2 is 2.00 bits per heavy atom. The molecule has 0 unspecified atom stereocenters. The van der Waals surface area contributed by atoms with E-state index in [1.165, 1.54) is 6.07 Å². The largest absolute Gasteiger partial charge is 0.504 e. The molecule has 1 aromatic carbocycles. The van der Waals surface area contributed by atoms with Crippen LogP contribution in [0.15, 0.2) is 21.3 Å². The fourth-order valence-electron chi connectivity index (χ4n) is 1.60. The van der Waals surface area contributed by atoms with Gasteiger partial charge in [0.15, 0.2) is 23.4 Å². The van der Waals surface area contributed by atoms with Crippen LogP contribution in [0.4, 0.5) is 0 Å². The summed E-state index contributed by atoms with van der Waals surface area (Å²) in [6, 6.07) is 2.23. The normalized spacial score (nSPS) is 10.6. The molecule has 16 heavy (non-hydrogen) atoms. The average Bonchev–Trinajstić information content (AvgIpc) is 2.22. The Kier molecular flexibility index (Phi) is 2.16. The Balaban J connectivity index is 3.10. The first-order valence-corrected chi connectivity index (χ1v) is 4.49. The predicted molar refractivity (Wildman–Crippen MR) is 55.9 cm³/mol. The monoisotopic (exact) mass is 220 g/mol. The number of carbonyl (C=O) groups excluding carboxylic acids is 1. The van der Waals surface area contributed by atoms with Gasteiger partial charge in [-0.15, -0.1) is 0 Å². The van der Waals surface area contributed by atoms with E-state index >= 15 is 0 Å². The van der Waals surface area contributed by atoms with Gasteiger partial charge in [-0.1, -0.05) is 0 Å². The van der Waals surface area contributed by atoms with E-state index in [0.29, 0.717) is 11.8 Å². The second kappa shape index (κ2) is 3.37. The third-order valence-corrected chi connectivity index (χ3v) is 2.32. The van der Waals surface area contributed by atoms with Crippen LogP contribution in [-0.4, -0.2) is 16.5 Å². The van der Waals surface area contributed by atoms with Crippen molar-refractivity contribution >= 4 is 17.3 Å². The lowest BCUT2D eigenvalue weighted by molar-refractivity contribution is 0.112. The molecule has 5 nitrogen and oxygen atoms in total. The number of hydrogen-bond acceptors (Lipinski definition) is 5. The molecule has 0 fully saturated rings.